The molecule has 94 valence electrons. The molecule has 1 saturated heterocycles. The Morgan fingerprint density at radius 3 is 2.88 bits per heavy atom. The van der Waals surface area contributed by atoms with Gasteiger partial charge in [-0.25, -0.2) is 0 Å². The van der Waals surface area contributed by atoms with Crippen LogP contribution in [0.4, 0.5) is 0 Å². The van der Waals surface area contributed by atoms with Crippen molar-refractivity contribution in [2.75, 3.05) is 47.4 Å². The number of likely N-dealkylation sites (tertiary alicyclic amines) is 1. The molecule has 4 nitrogen and oxygen atoms in total. The minimum atomic E-state index is -0.0442. The molecular formula is C12H24N2O2. The standard InChI is InChI=1S/C12H24N2O2/c1-13(2)7-5-9-14-8-4-6-11(10-14)12(15)16-3/h11H,4-10H2,1-3H3. The summed E-state index contributed by atoms with van der Waals surface area (Å²) in [6.45, 7) is 4.20. The van der Waals surface area contributed by atoms with E-state index in [1.54, 1.807) is 0 Å². The minimum absolute atomic E-state index is 0.0442. The summed E-state index contributed by atoms with van der Waals surface area (Å²) < 4.78 is 4.81. The molecule has 1 rings (SSSR count). The van der Waals surface area contributed by atoms with Gasteiger partial charge >= 0.3 is 5.97 Å². The number of ether oxygens (including phenoxy) is 1. The number of hydrogen-bond acceptors (Lipinski definition) is 4. The van der Waals surface area contributed by atoms with Gasteiger partial charge in [0.15, 0.2) is 0 Å². The van der Waals surface area contributed by atoms with Crippen molar-refractivity contribution in [1.82, 2.24) is 9.80 Å². The first-order chi connectivity index (χ1) is 7.63. The fourth-order valence-electron chi connectivity index (χ4n) is 2.23. The molecule has 0 bridgehead atoms. The van der Waals surface area contributed by atoms with Gasteiger partial charge in [-0.05, 0) is 53.0 Å². The van der Waals surface area contributed by atoms with Gasteiger partial charge in [0.2, 0.25) is 0 Å². The van der Waals surface area contributed by atoms with Crippen molar-refractivity contribution in [3.8, 4) is 0 Å². The van der Waals surface area contributed by atoms with Crippen molar-refractivity contribution in [2.45, 2.75) is 19.3 Å². The van der Waals surface area contributed by atoms with Crippen LogP contribution >= 0.6 is 0 Å². The number of carbonyl (C=O) groups excluding carboxylic acids is 1. The largest absolute Gasteiger partial charge is 0.469 e. The molecular weight excluding hydrogens is 204 g/mol. The van der Waals surface area contributed by atoms with Crippen molar-refractivity contribution in [1.29, 1.82) is 0 Å². The predicted octanol–water partition coefficient (Wildman–Crippen LogP) is 0.823. The van der Waals surface area contributed by atoms with Gasteiger partial charge in [0.1, 0.15) is 0 Å². The van der Waals surface area contributed by atoms with Gasteiger partial charge in [-0.2, -0.15) is 0 Å². The Morgan fingerprint density at radius 2 is 2.25 bits per heavy atom. The van der Waals surface area contributed by atoms with Crippen molar-refractivity contribution >= 4 is 5.97 Å². The van der Waals surface area contributed by atoms with Crippen molar-refractivity contribution in [3.05, 3.63) is 0 Å². The second-order valence-corrected chi connectivity index (χ2v) is 4.82. The maximum Gasteiger partial charge on any atom is 0.309 e. The first-order valence-electron chi connectivity index (χ1n) is 6.08. The number of hydrogen-bond donors (Lipinski definition) is 0. The van der Waals surface area contributed by atoms with Gasteiger partial charge in [-0.15, -0.1) is 0 Å². The number of nitrogens with zero attached hydrogens (tertiary/aromatic N) is 2. The lowest BCUT2D eigenvalue weighted by molar-refractivity contribution is -0.147. The zero-order valence-electron chi connectivity index (χ0n) is 10.7. The van der Waals surface area contributed by atoms with Crippen LogP contribution < -0.4 is 0 Å². The van der Waals surface area contributed by atoms with E-state index in [2.05, 4.69) is 23.9 Å². The van der Waals surface area contributed by atoms with Crippen LogP contribution in [0.5, 0.6) is 0 Å². The molecule has 0 saturated carbocycles. The first-order valence-corrected chi connectivity index (χ1v) is 6.08. The minimum Gasteiger partial charge on any atom is -0.469 e. The Bertz CT molecular complexity index is 219. The molecule has 0 N–H and O–H groups in total. The molecule has 1 heterocycles. The Labute approximate surface area is 98.5 Å². The molecule has 1 aliphatic rings. The third kappa shape index (κ3) is 4.49. The highest BCUT2D eigenvalue weighted by Gasteiger charge is 2.25. The van der Waals surface area contributed by atoms with Crippen LogP contribution in [0, 0.1) is 5.92 Å². The SMILES string of the molecule is COC(=O)C1CCCN(CCCN(C)C)C1. The van der Waals surface area contributed by atoms with E-state index >= 15 is 0 Å². The molecule has 0 aromatic heterocycles. The Morgan fingerprint density at radius 1 is 1.50 bits per heavy atom. The Hall–Kier alpha value is -0.610. The number of piperidine rings is 1. The quantitative estimate of drug-likeness (QED) is 0.652. The fourth-order valence-corrected chi connectivity index (χ4v) is 2.23. The molecule has 16 heavy (non-hydrogen) atoms. The molecule has 4 heteroatoms. The highest BCUT2D eigenvalue weighted by Crippen LogP contribution is 2.17. The van der Waals surface area contributed by atoms with Crippen LogP contribution in [-0.4, -0.2) is 63.2 Å². The monoisotopic (exact) mass is 228 g/mol. The highest BCUT2D eigenvalue weighted by atomic mass is 16.5. The predicted molar refractivity (Wildman–Crippen MR) is 64.4 cm³/mol. The summed E-state index contributed by atoms with van der Waals surface area (Å²) in [6.07, 6.45) is 3.26. The molecule has 0 radical (unpaired) electrons. The van der Waals surface area contributed by atoms with Crippen LogP contribution in [0.15, 0.2) is 0 Å². The van der Waals surface area contributed by atoms with E-state index in [1.165, 1.54) is 13.5 Å². The molecule has 0 aliphatic carbocycles. The molecule has 0 spiro atoms. The van der Waals surface area contributed by atoms with E-state index in [9.17, 15) is 4.79 Å². The van der Waals surface area contributed by atoms with Gasteiger partial charge in [0.25, 0.3) is 0 Å². The second kappa shape index (κ2) is 6.86. The Kier molecular flexibility index (Phi) is 5.77. The molecule has 0 amide bonds. The number of esters is 1. The van der Waals surface area contributed by atoms with E-state index < -0.39 is 0 Å². The average Bonchev–Trinajstić information content (AvgIpc) is 2.28. The van der Waals surface area contributed by atoms with E-state index in [0.29, 0.717) is 0 Å². The van der Waals surface area contributed by atoms with Gasteiger partial charge in [0, 0.05) is 6.54 Å². The van der Waals surface area contributed by atoms with E-state index in [4.69, 9.17) is 4.74 Å². The van der Waals surface area contributed by atoms with Gasteiger partial charge in [0.05, 0.1) is 13.0 Å². The maximum absolute atomic E-state index is 11.4. The number of methoxy groups -OCH3 is 1. The molecule has 1 atom stereocenters. The average molecular weight is 228 g/mol. The summed E-state index contributed by atoms with van der Waals surface area (Å²) in [5.41, 5.74) is 0. The fraction of sp³-hybridized carbons (Fsp3) is 0.917. The summed E-state index contributed by atoms with van der Waals surface area (Å²) in [6, 6.07) is 0. The number of carbonyl (C=O) groups is 1. The van der Waals surface area contributed by atoms with Gasteiger partial charge in [-0.3, -0.25) is 4.79 Å². The van der Waals surface area contributed by atoms with E-state index in [1.807, 2.05) is 0 Å². The Balaban J connectivity index is 2.25. The van der Waals surface area contributed by atoms with Crippen LogP contribution in [0.3, 0.4) is 0 Å². The second-order valence-electron chi connectivity index (χ2n) is 4.82. The summed E-state index contributed by atoms with van der Waals surface area (Å²) in [4.78, 5) is 16.0. The molecule has 0 aromatic rings. The third-order valence-corrected chi connectivity index (χ3v) is 3.12. The summed E-state index contributed by atoms with van der Waals surface area (Å²) in [7, 11) is 5.66. The van der Waals surface area contributed by atoms with Crippen LogP contribution in [0.25, 0.3) is 0 Å². The van der Waals surface area contributed by atoms with Crippen molar-refractivity contribution in [2.24, 2.45) is 5.92 Å². The highest BCUT2D eigenvalue weighted by molar-refractivity contribution is 5.72. The molecule has 0 aromatic carbocycles. The zero-order chi connectivity index (χ0) is 12.0. The lowest BCUT2D eigenvalue weighted by atomic mass is 9.98. The van der Waals surface area contributed by atoms with Crippen molar-refractivity contribution in [3.63, 3.8) is 0 Å². The topological polar surface area (TPSA) is 32.8 Å². The summed E-state index contributed by atoms with van der Waals surface area (Å²) in [5.74, 6) is 0.0513. The van der Waals surface area contributed by atoms with E-state index in [-0.39, 0.29) is 11.9 Å². The van der Waals surface area contributed by atoms with Crippen LogP contribution in [0.2, 0.25) is 0 Å². The first kappa shape index (κ1) is 13.5. The van der Waals surface area contributed by atoms with Gasteiger partial charge < -0.3 is 14.5 Å². The van der Waals surface area contributed by atoms with Crippen LogP contribution in [-0.2, 0) is 9.53 Å². The molecule has 1 unspecified atom stereocenters. The normalized spacial score (nSPS) is 22.4. The van der Waals surface area contributed by atoms with E-state index in [0.717, 1.165) is 39.0 Å². The lowest BCUT2D eigenvalue weighted by Gasteiger charge is -2.31. The zero-order valence-corrected chi connectivity index (χ0v) is 10.7. The van der Waals surface area contributed by atoms with Crippen LogP contribution in [0.1, 0.15) is 19.3 Å². The van der Waals surface area contributed by atoms with Crippen molar-refractivity contribution < 1.29 is 9.53 Å². The smallest absolute Gasteiger partial charge is 0.309 e. The summed E-state index contributed by atoms with van der Waals surface area (Å²) >= 11 is 0. The molecule has 1 fully saturated rings. The number of rotatable bonds is 5. The lowest BCUT2D eigenvalue weighted by Crippen LogP contribution is -2.40. The molecule has 1 aliphatic heterocycles. The maximum atomic E-state index is 11.4. The summed E-state index contributed by atoms with van der Waals surface area (Å²) in [5, 5.41) is 0. The third-order valence-electron chi connectivity index (χ3n) is 3.12. The van der Waals surface area contributed by atoms with Gasteiger partial charge in [-0.1, -0.05) is 0 Å².